The second kappa shape index (κ2) is 7.72. The molecule has 3 aromatic rings. The highest BCUT2D eigenvalue weighted by Gasteiger charge is 2.21. The predicted octanol–water partition coefficient (Wildman–Crippen LogP) is 3.70. The Bertz CT molecular complexity index is 995. The maximum Gasteiger partial charge on any atom is 0.185 e. The number of hydrogen-bond acceptors (Lipinski definition) is 6. The maximum absolute atomic E-state index is 13.0. The summed E-state index contributed by atoms with van der Waals surface area (Å²) in [6.45, 7) is 5.94. The average molecular weight is 378 g/mol. The standard InChI is InChI=1S/C22H26N4O2/c1-14(2)17-13-28-21-6-5-18(25-22(17)21)20(27)10-15-11-24-8-7-19(15)26-9-3-4-16(23)12-26/h5-8,11,13-14,16H,3-4,9-10,12,23H2,1-2H3/t16-/m0/s1. The van der Waals surface area contributed by atoms with E-state index in [1.165, 1.54) is 0 Å². The third-order valence-corrected chi connectivity index (χ3v) is 5.38. The van der Waals surface area contributed by atoms with E-state index in [1.54, 1.807) is 24.7 Å². The van der Waals surface area contributed by atoms with Crippen molar-refractivity contribution in [3.63, 3.8) is 0 Å². The van der Waals surface area contributed by atoms with Crippen LogP contribution in [0, 0.1) is 0 Å². The number of furan rings is 1. The highest BCUT2D eigenvalue weighted by atomic mass is 16.3. The van der Waals surface area contributed by atoms with Crippen LogP contribution in [0.3, 0.4) is 0 Å². The summed E-state index contributed by atoms with van der Waals surface area (Å²) in [7, 11) is 0. The lowest BCUT2D eigenvalue weighted by Gasteiger charge is -2.33. The Morgan fingerprint density at radius 2 is 2.21 bits per heavy atom. The number of aromatic nitrogens is 2. The number of carbonyl (C=O) groups excluding carboxylic acids is 1. The normalized spacial score (nSPS) is 17.4. The fourth-order valence-electron chi connectivity index (χ4n) is 3.85. The largest absolute Gasteiger partial charge is 0.462 e. The van der Waals surface area contributed by atoms with Crippen LogP contribution < -0.4 is 10.6 Å². The molecule has 28 heavy (non-hydrogen) atoms. The van der Waals surface area contributed by atoms with E-state index < -0.39 is 0 Å². The Hall–Kier alpha value is -2.73. The number of anilines is 1. The first-order valence-corrected chi connectivity index (χ1v) is 9.87. The molecule has 1 saturated heterocycles. The van der Waals surface area contributed by atoms with E-state index >= 15 is 0 Å². The van der Waals surface area contributed by atoms with Crippen LogP contribution >= 0.6 is 0 Å². The number of carbonyl (C=O) groups is 1. The van der Waals surface area contributed by atoms with Crippen LogP contribution in [0.15, 0.2) is 41.3 Å². The summed E-state index contributed by atoms with van der Waals surface area (Å²) >= 11 is 0. The molecule has 6 heteroatoms. The summed E-state index contributed by atoms with van der Waals surface area (Å²) in [5.41, 5.74) is 11.1. The van der Waals surface area contributed by atoms with Gasteiger partial charge in [-0.15, -0.1) is 0 Å². The molecular formula is C22H26N4O2. The minimum Gasteiger partial charge on any atom is -0.462 e. The van der Waals surface area contributed by atoms with Crippen molar-refractivity contribution in [2.75, 3.05) is 18.0 Å². The molecule has 0 spiro atoms. The van der Waals surface area contributed by atoms with E-state index in [1.807, 2.05) is 12.1 Å². The van der Waals surface area contributed by atoms with Gasteiger partial charge in [-0.2, -0.15) is 0 Å². The highest BCUT2D eigenvalue weighted by Crippen LogP contribution is 2.27. The van der Waals surface area contributed by atoms with E-state index in [2.05, 4.69) is 28.7 Å². The molecule has 1 fully saturated rings. The Balaban J connectivity index is 1.60. The lowest BCUT2D eigenvalue weighted by atomic mass is 10.0. The van der Waals surface area contributed by atoms with Gasteiger partial charge in [-0.25, -0.2) is 4.98 Å². The van der Waals surface area contributed by atoms with Crippen molar-refractivity contribution >= 4 is 22.6 Å². The molecule has 4 rings (SSSR count). The molecule has 1 atom stereocenters. The molecule has 0 aromatic carbocycles. The molecule has 3 aromatic heterocycles. The molecule has 1 aliphatic heterocycles. The Morgan fingerprint density at radius 1 is 1.36 bits per heavy atom. The first-order chi connectivity index (χ1) is 13.5. The number of piperidine rings is 1. The number of fused-ring (bicyclic) bond motifs is 1. The van der Waals surface area contributed by atoms with E-state index in [0.717, 1.165) is 48.3 Å². The fourth-order valence-corrected chi connectivity index (χ4v) is 3.85. The summed E-state index contributed by atoms with van der Waals surface area (Å²) in [6, 6.07) is 5.72. The minimum atomic E-state index is -0.0200. The van der Waals surface area contributed by atoms with Crippen molar-refractivity contribution in [3.05, 3.63) is 53.7 Å². The van der Waals surface area contributed by atoms with Gasteiger partial charge in [-0.3, -0.25) is 9.78 Å². The van der Waals surface area contributed by atoms with Crippen molar-refractivity contribution < 1.29 is 9.21 Å². The zero-order chi connectivity index (χ0) is 19.7. The van der Waals surface area contributed by atoms with Gasteiger partial charge >= 0.3 is 0 Å². The Kier molecular flexibility index (Phi) is 5.13. The monoisotopic (exact) mass is 378 g/mol. The van der Waals surface area contributed by atoms with Crippen molar-refractivity contribution in [1.29, 1.82) is 0 Å². The van der Waals surface area contributed by atoms with Gasteiger partial charge in [0.2, 0.25) is 0 Å². The Labute approximate surface area is 164 Å². The quantitative estimate of drug-likeness (QED) is 0.682. The molecule has 6 nitrogen and oxygen atoms in total. The number of pyridine rings is 2. The topological polar surface area (TPSA) is 85.2 Å². The number of ketones is 1. The highest BCUT2D eigenvalue weighted by molar-refractivity contribution is 5.98. The summed E-state index contributed by atoms with van der Waals surface area (Å²) in [5, 5.41) is 0. The molecule has 0 saturated carbocycles. The summed E-state index contributed by atoms with van der Waals surface area (Å²) in [5.74, 6) is 0.265. The molecule has 0 aliphatic carbocycles. The molecule has 0 bridgehead atoms. The molecule has 146 valence electrons. The van der Waals surface area contributed by atoms with Gasteiger partial charge < -0.3 is 15.1 Å². The molecule has 0 unspecified atom stereocenters. The van der Waals surface area contributed by atoms with E-state index in [4.69, 9.17) is 10.2 Å². The Morgan fingerprint density at radius 3 is 3.00 bits per heavy atom. The van der Waals surface area contributed by atoms with Gasteiger partial charge in [0.25, 0.3) is 0 Å². The van der Waals surface area contributed by atoms with Crippen molar-refractivity contribution in [3.8, 4) is 0 Å². The molecular weight excluding hydrogens is 352 g/mol. The smallest absolute Gasteiger partial charge is 0.185 e. The van der Waals surface area contributed by atoms with Crippen molar-refractivity contribution in [2.45, 2.75) is 45.1 Å². The third kappa shape index (κ3) is 3.64. The first-order valence-electron chi connectivity index (χ1n) is 9.87. The molecule has 0 amide bonds. The zero-order valence-electron chi connectivity index (χ0n) is 16.4. The number of hydrogen-bond donors (Lipinski definition) is 1. The van der Waals surface area contributed by atoms with Crippen molar-refractivity contribution in [1.82, 2.24) is 9.97 Å². The first kappa shape index (κ1) is 18.6. The van der Waals surface area contributed by atoms with Gasteiger partial charge in [-0.05, 0) is 37.0 Å². The molecule has 1 aliphatic rings. The van der Waals surface area contributed by atoms with Gasteiger partial charge in [-0.1, -0.05) is 13.8 Å². The molecule has 4 heterocycles. The number of nitrogens with two attached hydrogens (primary N) is 1. The fraction of sp³-hybridized carbons (Fsp3) is 0.409. The second-order valence-corrected chi connectivity index (χ2v) is 7.84. The lowest BCUT2D eigenvalue weighted by Crippen LogP contribution is -2.43. The van der Waals surface area contributed by atoms with Crippen LogP contribution in [0.1, 0.15) is 54.2 Å². The molecule has 0 radical (unpaired) electrons. The SMILES string of the molecule is CC(C)c1coc2ccc(C(=O)Cc3cnccc3N3CCC[C@H](N)C3)nc12. The predicted molar refractivity (Wildman–Crippen MR) is 110 cm³/mol. The van der Waals surface area contributed by atoms with Crippen LogP contribution in [-0.2, 0) is 6.42 Å². The van der Waals surface area contributed by atoms with Gasteiger partial charge in [0.15, 0.2) is 11.4 Å². The maximum atomic E-state index is 13.0. The lowest BCUT2D eigenvalue weighted by molar-refractivity contribution is 0.0988. The number of rotatable bonds is 5. The van der Waals surface area contributed by atoms with Gasteiger partial charge in [0, 0.05) is 54.8 Å². The molecule has 2 N–H and O–H groups in total. The van der Waals surface area contributed by atoms with E-state index in [0.29, 0.717) is 11.3 Å². The average Bonchev–Trinajstić information content (AvgIpc) is 3.12. The van der Waals surface area contributed by atoms with Crippen LogP contribution in [0.25, 0.3) is 11.1 Å². The van der Waals surface area contributed by atoms with Crippen LogP contribution in [0.2, 0.25) is 0 Å². The summed E-state index contributed by atoms with van der Waals surface area (Å²) in [4.78, 5) is 24.1. The van der Waals surface area contributed by atoms with Crippen LogP contribution in [0.5, 0.6) is 0 Å². The minimum absolute atomic E-state index is 0.0200. The van der Waals surface area contributed by atoms with E-state index in [9.17, 15) is 4.79 Å². The number of nitrogens with zero attached hydrogens (tertiary/aromatic N) is 3. The van der Waals surface area contributed by atoms with Crippen LogP contribution in [-0.4, -0.2) is 34.9 Å². The van der Waals surface area contributed by atoms with Crippen molar-refractivity contribution in [2.24, 2.45) is 5.73 Å². The summed E-state index contributed by atoms with van der Waals surface area (Å²) in [6.07, 6.45) is 7.66. The second-order valence-electron chi connectivity index (χ2n) is 7.84. The third-order valence-electron chi connectivity index (χ3n) is 5.38. The van der Waals surface area contributed by atoms with E-state index in [-0.39, 0.29) is 24.2 Å². The van der Waals surface area contributed by atoms with Crippen LogP contribution in [0.4, 0.5) is 5.69 Å². The number of Topliss-reactive ketones (excluding diaryl/α,β-unsaturated/α-hetero) is 1. The summed E-state index contributed by atoms with van der Waals surface area (Å²) < 4.78 is 5.57. The van der Waals surface area contributed by atoms with Gasteiger partial charge in [0.05, 0.1) is 6.26 Å². The van der Waals surface area contributed by atoms with Gasteiger partial charge in [0.1, 0.15) is 11.2 Å². The zero-order valence-corrected chi connectivity index (χ0v) is 16.4.